The van der Waals surface area contributed by atoms with Crippen LogP contribution in [0.1, 0.15) is 47.8 Å². The minimum Gasteiger partial charge on any atom is -0.508 e. The number of halogens is 2. The number of nitrogens with zero attached hydrogens (tertiary/aromatic N) is 1. The van der Waals surface area contributed by atoms with E-state index in [0.29, 0.717) is 6.42 Å². The molecule has 0 saturated carbocycles. The van der Waals surface area contributed by atoms with E-state index in [2.05, 4.69) is 52.4 Å². The van der Waals surface area contributed by atoms with Crippen LogP contribution in [0.15, 0.2) is 76.2 Å². The number of rotatable bonds is 4. The van der Waals surface area contributed by atoms with Crippen molar-refractivity contribution >= 4 is 21.6 Å². The molecule has 0 radical (unpaired) electrons. The van der Waals surface area contributed by atoms with Crippen LogP contribution >= 0.6 is 15.9 Å². The number of benzene rings is 3. The molecule has 0 unspecified atom stereocenters. The van der Waals surface area contributed by atoms with Crippen molar-refractivity contribution in [1.82, 2.24) is 5.32 Å². The molecule has 1 aliphatic heterocycles. The van der Waals surface area contributed by atoms with E-state index in [-0.39, 0.29) is 17.6 Å². The lowest BCUT2D eigenvalue weighted by Gasteiger charge is -2.31. The molecule has 4 rings (SSSR count). The molecule has 2 N–H and O–H groups in total. The second-order valence-electron chi connectivity index (χ2n) is 7.21. The molecule has 5 heteroatoms. The van der Waals surface area contributed by atoms with Gasteiger partial charge in [0.05, 0.1) is 0 Å². The molecule has 148 valence electrons. The molecule has 1 heterocycles. The Kier molecular flexibility index (Phi) is 5.79. The van der Waals surface area contributed by atoms with Gasteiger partial charge in [-0.25, -0.2) is 4.39 Å². The summed E-state index contributed by atoms with van der Waals surface area (Å²) in [4.78, 5) is 4.89. The first kappa shape index (κ1) is 19.8. The zero-order valence-corrected chi connectivity index (χ0v) is 17.7. The summed E-state index contributed by atoms with van der Waals surface area (Å²) in [6.07, 6.45) is 1.21. The number of aryl methyl sites for hydroxylation is 1. The maximum Gasteiger partial charge on any atom is 0.126 e. The highest BCUT2D eigenvalue weighted by atomic mass is 79.9. The van der Waals surface area contributed by atoms with Gasteiger partial charge in [-0.15, -0.1) is 0 Å². The van der Waals surface area contributed by atoms with Crippen molar-refractivity contribution < 1.29 is 9.50 Å². The van der Waals surface area contributed by atoms with Crippen LogP contribution in [0.4, 0.5) is 4.39 Å². The topological polar surface area (TPSA) is 44.6 Å². The van der Waals surface area contributed by atoms with Crippen molar-refractivity contribution in [3.63, 3.8) is 0 Å². The predicted molar refractivity (Wildman–Crippen MR) is 118 cm³/mol. The lowest BCUT2D eigenvalue weighted by atomic mass is 9.93. The summed E-state index contributed by atoms with van der Waals surface area (Å²) in [5.74, 6) is -0.0629. The van der Waals surface area contributed by atoms with Crippen LogP contribution in [-0.4, -0.2) is 10.8 Å². The first-order chi connectivity index (χ1) is 14.0. The largest absolute Gasteiger partial charge is 0.508 e. The van der Waals surface area contributed by atoms with Gasteiger partial charge in [0.15, 0.2) is 0 Å². The Morgan fingerprint density at radius 3 is 2.62 bits per heavy atom. The summed E-state index contributed by atoms with van der Waals surface area (Å²) in [5, 5.41) is 13.9. The van der Waals surface area contributed by atoms with Gasteiger partial charge in [0.2, 0.25) is 0 Å². The molecule has 0 bridgehead atoms. The van der Waals surface area contributed by atoms with Gasteiger partial charge in [-0.2, -0.15) is 0 Å². The SMILES string of the molecule is CCc1ccc(C2=N[C@@H](c3cccc(F)c3)N[C@@H](c3cc(Br)ccc3O)C2)cc1. The van der Waals surface area contributed by atoms with Gasteiger partial charge in [0.25, 0.3) is 0 Å². The van der Waals surface area contributed by atoms with Crippen LogP contribution in [0.25, 0.3) is 0 Å². The molecule has 0 aliphatic carbocycles. The molecule has 0 fully saturated rings. The van der Waals surface area contributed by atoms with Crippen LogP contribution in [0, 0.1) is 5.82 Å². The minimum atomic E-state index is -0.399. The zero-order chi connectivity index (χ0) is 20.4. The number of hydrogen-bond donors (Lipinski definition) is 2. The molecule has 1 aliphatic rings. The molecule has 2 atom stereocenters. The molecule has 0 saturated heterocycles. The summed E-state index contributed by atoms with van der Waals surface area (Å²) < 4.78 is 14.7. The molecule has 0 aromatic heterocycles. The molecule has 29 heavy (non-hydrogen) atoms. The Morgan fingerprint density at radius 1 is 1.10 bits per heavy atom. The lowest BCUT2D eigenvalue weighted by molar-refractivity contribution is 0.411. The fourth-order valence-electron chi connectivity index (χ4n) is 3.67. The molecular formula is C24H22BrFN2O. The van der Waals surface area contributed by atoms with Crippen LogP contribution in [0.3, 0.4) is 0 Å². The van der Waals surface area contributed by atoms with Crippen molar-refractivity contribution in [2.45, 2.75) is 32.0 Å². The van der Waals surface area contributed by atoms with Crippen molar-refractivity contribution in [2.75, 3.05) is 0 Å². The average Bonchev–Trinajstić information content (AvgIpc) is 2.75. The Morgan fingerprint density at radius 2 is 1.90 bits per heavy atom. The standard InChI is InChI=1S/C24H22BrFN2O/c1-2-15-6-8-16(9-7-15)21-14-22(20-13-18(25)10-11-23(20)29)28-24(27-21)17-4-3-5-19(26)12-17/h3-13,22,24,28-29H,2,14H2,1H3/t22-,24-/m1/s1. The highest BCUT2D eigenvalue weighted by molar-refractivity contribution is 9.10. The Hall–Kier alpha value is -2.50. The summed E-state index contributed by atoms with van der Waals surface area (Å²) >= 11 is 3.49. The maximum absolute atomic E-state index is 13.8. The van der Waals surface area contributed by atoms with E-state index in [1.807, 2.05) is 18.2 Å². The number of aromatic hydroxyl groups is 1. The third kappa shape index (κ3) is 4.41. The maximum atomic E-state index is 13.8. The quantitative estimate of drug-likeness (QED) is 0.503. The summed E-state index contributed by atoms with van der Waals surface area (Å²) in [7, 11) is 0. The van der Waals surface area contributed by atoms with E-state index in [0.717, 1.165) is 33.3 Å². The number of nitrogens with one attached hydrogen (secondary N) is 1. The smallest absolute Gasteiger partial charge is 0.126 e. The number of aliphatic imine (C=N–C) groups is 1. The number of hydrogen-bond acceptors (Lipinski definition) is 3. The van der Waals surface area contributed by atoms with E-state index >= 15 is 0 Å². The van der Waals surface area contributed by atoms with Crippen molar-refractivity contribution in [3.05, 3.63) is 99.3 Å². The third-order valence-corrected chi connectivity index (χ3v) is 5.76. The zero-order valence-electron chi connectivity index (χ0n) is 16.1. The Labute approximate surface area is 178 Å². The van der Waals surface area contributed by atoms with E-state index < -0.39 is 6.17 Å². The van der Waals surface area contributed by atoms with Gasteiger partial charge in [0.1, 0.15) is 17.7 Å². The van der Waals surface area contributed by atoms with Crippen molar-refractivity contribution in [2.24, 2.45) is 4.99 Å². The first-order valence-electron chi connectivity index (χ1n) is 9.69. The molecule has 3 aromatic rings. The van der Waals surface area contributed by atoms with Crippen molar-refractivity contribution in [1.29, 1.82) is 0 Å². The molecular weight excluding hydrogens is 431 g/mol. The molecule has 3 aromatic carbocycles. The van der Waals surface area contributed by atoms with E-state index in [4.69, 9.17) is 4.99 Å². The van der Waals surface area contributed by atoms with Gasteiger partial charge in [-0.05, 0) is 53.4 Å². The predicted octanol–water partition coefficient (Wildman–Crippen LogP) is 6.08. The molecule has 0 spiro atoms. The first-order valence-corrected chi connectivity index (χ1v) is 10.5. The monoisotopic (exact) mass is 452 g/mol. The second-order valence-corrected chi connectivity index (χ2v) is 8.13. The Bertz CT molecular complexity index is 1050. The van der Waals surface area contributed by atoms with E-state index in [1.54, 1.807) is 12.1 Å². The highest BCUT2D eigenvalue weighted by Crippen LogP contribution is 2.35. The Balaban J connectivity index is 1.76. The number of phenolic OH excluding ortho intramolecular Hbond substituents is 1. The summed E-state index contributed by atoms with van der Waals surface area (Å²) in [6, 6.07) is 20.1. The number of phenols is 1. The van der Waals surface area contributed by atoms with Crippen LogP contribution in [-0.2, 0) is 6.42 Å². The fraction of sp³-hybridized carbons (Fsp3) is 0.208. The molecule has 3 nitrogen and oxygen atoms in total. The second kappa shape index (κ2) is 8.47. The van der Waals surface area contributed by atoms with E-state index in [9.17, 15) is 9.50 Å². The third-order valence-electron chi connectivity index (χ3n) is 5.27. The van der Waals surface area contributed by atoms with Gasteiger partial charge in [-0.1, -0.05) is 59.3 Å². The highest BCUT2D eigenvalue weighted by Gasteiger charge is 2.28. The van der Waals surface area contributed by atoms with Crippen LogP contribution in [0.2, 0.25) is 0 Å². The lowest BCUT2D eigenvalue weighted by Crippen LogP contribution is -2.33. The van der Waals surface area contributed by atoms with Gasteiger partial charge in [0, 0.05) is 28.2 Å². The van der Waals surface area contributed by atoms with Crippen molar-refractivity contribution in [3.8, 4) is 5.75 Å². The van der Waals surface area contributed by atoms with Crippen LogP contribution < -0.4 is 5.32 Å². The average molecular weight is 453 g/mol. The normalized spacial score (nSPS) is 19.1. The fourth-order valence-corrected chi connectivity index (χ4v) is 4.04. The molecule has 0 amide bonds. The minimum absolute atomic E-state index is 0.154. The summed E-state index contributed by atoms with van der Waals surface area (Å²) in [6.45, 7) is 2.13. The van der Waals surface area contributed by atoms with E-state index in [1.165, 1.54) is 17.7 Å². The van der Waals surface area contributed by atoms with Crippen LogP contribution in [0.5, 0.6) is 5.75 Å². The summed E-state index contributed by atoms with van der Waals surface area (Å²) in [5.41, 5.74) is 4.80. The van der Waals surface area contributed by atoms with Gasteiger partial charge < -0.3 is 5.11 Å². The van der Waals surface area contributed by atoms with Gasteiger partial charge in [-0.3, -0.25) is 10.3 Å². The van der Waals surface area contributed by atoms with Gasteiger partial charge >= 0.3 is 0 Å².